The Balaban J connectivity index is 2.24. The predicted octanol–water partition coefficient (Wildman–Crippen LogP) is 1.30. The van der Waals surface area contributed by atoms with E-state index in [4.69, 9.17) is 5.73 Å². The fraction of sp³-hybridized carbons (Fsp3) is 0.0833. The van der Waals surface area contributed by atoms with Crippen molar-refractivity contribution >= 4 is 28.6 Å². The van der Waals surface area contributed by atoms with Crippen LogP contribution in [0.25, 0.3) is 10.9 Å². The zero-order valence-electron chi connectivity index (χ0n) is 9.84. The van der Waals surface area contributed by atoms with Crippen LogP contribution in [0, 0.1) is 0 Å². The highest BCUT2D eigenvalue weighted by Gasteiger charge is 2.06. The maximum absolute atomic E-state index is 11.6. The second-order valence-electron chi connectivity index (χ2n) is 3.56. The number of rotatable bonds is 1. The summed E-state index contributed by atoms with van der Waals surface area (Å²) in [7, 11) is 1.50. The Bertz CT molecular complexity index is 603. The van der Waals surface area contributed by atoms with Crippen LogP contribution in [0.5, 0.6) is 0 Å². The van der Waals surface area contributed by atoms with Gasteiger partial charge in [-0.2, -0.15) is 0 Å². The second kappa shape index (κ2) is 5.13. The molecule has 0 unspecified atom stereocenters. The summed E-state index contributed by atoms with van der Waals surface area (Å²) in [5.74, 6) is 0.0610. The van der Waals surface area contributed by atoms with Crippen molar-refractivity contribution in [3.8, 4) is 0 Å². The summed E-state index contributed by atoms with van der Waals surface area (Å²) in [6, 6.07) is 8.82. The Labute approximate surface area is 104 Å². The summed E-state index contributed by atoms with van der Waals surface area (Å²) >= 11 is 0. The fourth-order valence-electron chi connectivity index (χ4n) is 1.53. The number of carbonyl (C=O) groups is 1. The van der Waals surface area contributed by atoms with Gasteiger partial charge in [-0.25, -0.2) is 4.79 Å². The molecule has 0 spiro atoms. The van der Waals surface area contributed by atoms with E-state index in [1.165, 1.54) is 7.05 Å². The van der Waals surface area contributed by atoms with Gasteiger partial charge in [0, 0.05) is 18.6 Å². The average molecular weight is 243 g/mol. The summed E-state index contributed by atoms with van der Waals surface area (Å²) in [5, 5.41) is 5.96. The largest absolute Gasteiger partial charge is 0.370 e. The zero-order chi connectivity index (χ0) is 13.0. The van der Waals surface area contributed by atoms with Crippen molar-refractivity contribution in [2.24, 2.45) is 10.7 Å². The molecule has 0 aliphatic carbocycles. The van der Waals surface area contributed by atoms with Gasteiger partial charge < -0.3 is 11.1 Å². The van der Waals surface area contributed by atoms with Crippen LogP contribution in [0.4, 0.5) is 10.5 Å². The molecule has 6 nitrogen and oxygen atoms in total. The van der Waals surface area contributed by atoms with Crippen molar-refractivity contribution in [3.63, 3.8) is 0 Å². The minimum absolute atomic E-state index is 0.0610. The number of pyridine rings is 1. The SMILES string of the molecule is CN=C(N)NC(=O)Nc1ccnc2ccccc12. The van der Waals surface area contributed by atoms with Crippen LogP contribution >= 0.6 is 0 Å². The lowest BCUT2D eigenvalue weighted by atomic mass is 10.2. The number of para-hydroxylation sites is 1. The van der Waals surface area contributed by atoms with E-state index in [0.29, 0.717) is 5.69 Å². The number of urea groups is 1. The molecule has 4 N–H and O–H groups in total. The fourth-order valence-corrected chi connectivity index (χ4v) is 1.53. The average Bonchev–Trinajstić information content (AvgIpc) is 2.39. The number of hydrogen-bond donors (Lipinski definition) is 3. The van der Waals surface area contributed by atoms with E-state index in [9.17, 15) is 4.79 Å². The van der Waals surface area contributed by atoms with Gasteiger partial charge in [-0.1, -0.05) is 18.2 Å². The van der Waals surface area contributed by atoms with Gasteiger partial charge in [0.1, 0.15) is 0 Å². The van der Waals surface area contributed by atoms with Gasteiger partial charge in [-0.05, 0) is 12.1 Å². The third-order valence-corrected chi connectivity index (χ3v) is 2.38. The van der Waals surface area contributed by atoms with Crippen molar-refractivity contribution in [3.05, 3.63) is 36.5 Å². The van der Waals surface area contributed by atoms with Crippen molar-refractivity contribution in [2.45, 2.75) is 0 Å². The van der Waals surface area contributed by atoms with E-state index in [2.05, 4.69) is 20.6 Å². The number of aromatic nitrogens is 1. The Morgan fingerprint density at radius 2 is 2.11 bits per heavy atom. The molecule has 1 heterocycles. The van der Waals surface area contributed by atoms with Crippen molar-refractivity contribution < 1.29 is 4.79 Å². The first-order valence-electron chi connectivity index (χ1n) is 5.34. The first kappa shape index (κ1) is 11.8. The van der Waals surface area contributed by atoms with E-state index >= 15 is 0 Å². The topological polar surface area (TPSA) is 92.4 Å². The molecule has 0 aliphatic heterocycles. The maximum atomic E-state index is 11.6. The van der Waals surface area contributed by atoms with Gasteiger partial charge in [-0.15, -0.1) is 0 Å². The highest BCUT2D eigenvalue weighted by atomic mass is 16.2. The summed E-state index contributed by atoms with van der Waals surface area (Å²) in [6.45, 7) is 0. The molecule has 0 saturated carbocycles. The van der Waals surface area contributed by atoms with Gasteiger partial charge >= 0.3 is 6.03 Å². The van der Waals surface area contributed by atoms with Crippen LogP contribution in [-0.4, -0.2) is 24.0 Å². The molecule has 0 radical (unpaired) electrons. The normalized spacial score (nSPS) is 11.3. The Morgan fingerprint density at radius 1 is 1.33 bits per heavy atom. The summed E-state index contributed by atoms with van der Waals surface area (Å²) in [4.78, 5) is 19.5. The number of hydrogen-bond acceptors (Lipinski definition) is 3. The van der Waals surface area contributed by atoms with E-state index in [1.807, 2.05) is 24.3 Å². The minimum Gasteiger partial charge on any atom is -0.370 e. The number of nitrogens with one attached hydrogen (secondary N) is 2. The molecule has 2 aromatic rings. The number of benzene rings is 1. The number of fused-ring (bicyclic) bond motifs is 1. The molecule has 0 saturated heterocycles. The molecule has 0 atom stereocenters. The van der Waals surface area contributed by atoms with Crippen molar-refractivity contribution in [2.75, 3.05) is 12.4 Å². The van der Waals surface area contributed by atoms with E-state index < -0.39 is 6.03 Å². The molecular formula is C12H13N5O. The van der Waals surface area contributed by atoms with Crippen LogP contribution in [0.2, 0.25) is 0 Å². The molecule has 1 aromatic heterocycles. The summed E-state index contributed by atoms with van der Waals surface area (Å²) in [5.41, 5.74) is 6.89. The van der Waals surface area contributed by atoms with Gasteiger partial charge in [0.15, 0.2) is 5.96 Å². The summed E-state index contributed by atoms with van der Waals surface area (Å²) in [6.07, 6.45) is 1.63. The van der Waals surface area contributed by atoms with Crippen LogP contribution in [0.3, 0.4) is 0 Å². The highest BCUT2D eigenvalue weighted by Crippen LogP contribution is 2.20. The van der Waals surface area contributed by atoms with E-state index in [0.717, 1.165) is 10.9 Å². The molecule has 6 heteroatoms. The number of aliphatic imine (C=N–C) groups is 1. The lowest BCUT2D eigenvalue weighted by molar-refractivity contribution is 0.256. The van der Waals surface area contributed by atoms with Gasteiger partial charge in [-0.3, -0.25) is 15.3 Å². The Kier molecular flexibility index (Phi) is 3.38. The number of amides is 2. The van der Waals surface area contributed by atoms with Gasteiger partial charge in [0.25, 0.3) is 0 Å². The third-order valence-electron chi connectivity index (χ3n) is 2.38. The zero-order valence-corrected chi connectivity index (χ0v) is 9.84. The molecular weight excluding hydrogens is 230 g/mol. The van der Waals surface area contributed by atoms with Crippen molar-refractivity contribution in [1.29, 1.82) is 0 Å². The monoisotopic (exact) mass is 243 g/mol. The minimum atomic E-state index is -0.436. The van der Waals surface area contributed by atoms with Crippen LogP contribution in [-0.2, 0) is 0 Å². The lowest BCUT2D eigenvalue weighted by Crippen LogP contribution is -2.39. The quantitative estimate of drug-likeness (QED) is 0.520. The molecule has 2 rings (SSSR count). The molecule has 2 amide bonds. The number of carbonyl (C=O) groups excluding carboxylic acids is 1. The molecule has 18 heavy (non-hydrogen) atoms. The van der Waals surface area contributed by atoms with Gasteiger partial charge in [0.05, 0.1) is 11.2 Å². The summed E-state index contributed by atoms with van der Waals surface area (Å²) < 4.78 is 0. The maximum Gasteiger partial charge on any atom is 0.326 e. The number of guanidine groups is 1. The number of nitrogens with two attached hydrogens (primary N) is 1. The third kappa shape index (κ3) is 2.54. The van der Waals surface area contributed by atoms with E-state index in [-0.39, 0.29) is 5.96 Å². The van der Waals surface area contributed by atoms with Crippen LogP contribution in [0.1, 0.15) is 0 Å². The van der Waals surface area contributed by atoms with Gasteiger partial charge in [0.2, 0.25) is 0 Å². The van der Waals surface area contributed by atoms with Crippen LogP contribution in [0.15, 0.2) is 41.5 Å². The number of nitrogens with zero attached hydrogens (tertiary/aromatic N) is 2. The first-order chi connectivity index (χ1) is 8.70. The molecule has 0 bridgehead atoms. The predicted molar refractivity (Wildman–Crippen MR) is 71.4 cm³/mol. The Hall–Kier alpha value is -2.63. The first-order valence-corrected chi connectivity index (χ1v) is 5.34. The Morgan fingerprint density at radius 3 is 2.89 bits per heavy atom. The molecule has 0 fully saturated rings. The highest BCUT2D eigenvalue weighted by molar-refractivity contribution is 6.05. The van der Waals surface area contributed by atoms with E-state index in [1.54, 1.807) is 12.3 Å². The molecule has 92 valence electrons. The smallest absolute Gasteiger partial charge is 0.326 e. The van der Waals surface area contributed by atoms with Crippen LogP contribution < -0.4 is 16.4 Å². The van der Waals surface area contributed by atoms with Crippen molar-refractivity contribution in [1.82, 2.24) is 10.3 Å². The number of anilines is 1. The standard InChI is InChI=1S/C12H13N5O/c1-14-11(13)17-12(18)16-10-6-7-15-9-5-3-2-4-8(9)10/h2-7H,1H3,(H4,13,14,15,16,17,18). The lowest BCUT2D eigenvalue weighted by Gasteiger charge is -2.08. The molecule has 1 aromatic carbocycles. The second-order valence-corrected chi connectivity index (χ2v) is 3.56. The molecule has 0 aliphatic rings.